The number of fused-ring (bicyclic) bond motifs is 1. The molecule has 3 aromatic rings. The molecule has 0 bridgehead atoms. The number of rotatable bonds is 7. The molecule has 0 unspecified atom stereocenters. The van der Waals surface area contributed by atoms with Crippen molar-refractivity contribution in [1.82, 2.24) is 0 Å². The molecule has 0 saturated carbocycles. The van der Waals surface area contributed by atoms with Crippen molar-refractivity contribution in [3.63, 3.8) is 0 Å². The molecule has 0 aliphatic carbocycles. The number of nitrogens with zero attached hydrogens (tertiary/aromatic N) is 1. The lowest BCUT2D eigenvalue weighted by Gasteiger charge is -2.30. The lowest BCUT2D eigenvalue weighted by Crippen LogP contribution is -2.35. The van der Waals surface area contributed by atoms with Crippen LogP contribution in [0.1, 0.15) is 12.0 Å². The molecule has 0 radical (unpaired) electrons. The molecule has 33 heavy (non-hydrogen) atoms. The van der Waals surface area contributed by atoms with Crippen LogP contribution in [-0.4, -0.2) is 34.6 Å². The first-order valence-corrected chi connectivity index (χ1v) is 12.2. The fourth-order valence-electron chi connectivity index (χ4n) is 3.68. The van der Waals surface area contributed by atoms with Gasteiger partial charge in [0.15, 0.2) is 6.61 Å². The number of carbonyl (C=O) groups excluding carboxylic acids is 1. The number of methoxy groups -OCH3 is 1. The maximum absolute atomic E-state index is 13.3. The van der Waals surface area contributed by atoms with Crippen LogP contribution in [0.4, 0.5) is 11.4 Å². The second kappa shape index (κ2) is 9.72. The zero-order chi connectivity index (χ0) is 23.4. The molecule has 7 nitrogen and oxygen atoms in total. The first-order valence-electron chi connectivity index (χ1n) is 10.4. The Hall–Kier alpha value is -3.23. The molecular formula is C24H23ClN2O5S. The number of hydrogen-bond acceptors (Lipinski definition) is 5. The van der Waals surface area contributed by atoms with Gasteiger partial charge in [0.2, 0.25) is 0 Å². The van der Waals surface area contributed by atoms with Crippen LogP contribution < -0.4 is 19.1 Å². The van der Waals surface area contributed by atoms with Gasteiger partial charge >= 0.3 is 0 Å². The molecule has 1 amide bonds. The topological polar surface area (TPSA) is 84.9 Å². The van der Waals surface area contributed by atoms with Gasteiger partial charge in [-0.2, -0.15) is 0 Å². The first kappa shape index (κ1) is 22.9. The Labute approximate surface area is 197 Å². The van der Waals surface area contributed by atoms with Crippen molar-refractivity contribution in [2.75, 3.05) is 29.9 Å². The molecule has 1 heterocycles. The van der Waals surface area contributed by atoms with Crippen molar-refractivity contribution in [2.45, 2.75) is 17.7 Å². The van der Waals surface area contributed by atoms with E-state index in [1.165, 1.54) is 22.5 Å². The monoisotopic (exact) mass is 486 g/mol. The fraction of sp³-hybridized carbons (Fsp3) is 0.208. The minimum Gasteiger partial charge on any atom is -0.497 e. The highest BCUT2D eigenvalue weighted by Crippen LogP contribution is 2.34. The Bertz CT molecular complexity index is 1280. The summed E-state index contributed by atoms with van der Waals surface area (Å²) >= 11 is 6.30. The maximum atomic E-state index is 13.3. The minimum atomic E-state index is -3.79. The number of anilines is 2. The Morgan fingerprint density at radius 3 is 2.70 bits per heavy atom. The third-order valence-electron chi connectivity index (χ3n) is 5.27. The van der Waals surface area contributed by atoms with Gasteiger partial charge in [-0.15, -0.1) is 0 Å². The van der Waals surface area contributed by atoms with E-state index in [-0.39, 0.29) is 28.2 Å². The number of para-hydroxylation sites is 1. The standard InChI is InChI=1S/C24H23ClN2O5S/c1-31-19-9-4-8-18(14-19)26-24(28)16-32-23-12-11-20(15-21(23)25)33(29,30)27-13-5-7-17-6-2-3-10-22(17)27/h2-4,6,8-12,14-15H,5,7,13,16H2,1H3,(H,26,28). The van der Waals surface area contributed by atoms with E-state index in [2.05, 4.69) is 5.32 Å². The van der Waals surface area contributed by atoms with Gasteiger partial charge in [0, 0.05) is 18.3 Å². The number of sulfonamides is 1. The average molecular weight is 487 g/mol. The first-order chi connectivity index (χ1) is 15.9. The highest BCUT2D eigenvalue weighted by molar-refractivity contribution is 7.92. The Balaban J connectivity index is 1.45. The molecule has 172 valence electrons. The van der Waals surface area contributed by atoms with E-state index >= 15 is 0 Å². The number of benzene rings is 3. The molecule has 4 rings (SSSR count). The number of hydrogen-bond donors (Lipinski definition) is 1. The fourth-order valence-corrected chi connectivity index (χ4v) is 5.54. The zero-order valence-corrected chi connectivity index (χ0v) is 19.5. The predicted molar refractivity (Wildman–Crippen MR) is 128 cm³/mol. The summed E-state index contributed by atoms with van der Waals surface area (Å²) in [5.41, 5.74) is 2.26. The summed E-state index contributed by atoms with van der Waals surface area (Å²) < 4.78 is 38.6. The molecule has 1 aliphatic heterocycles. The van der Waals surface area contributed by atoms with Gasteiger partial charge in [0.25, 0.3) is 15.9 Å². The Morgan fingerprint density at radius 1 is 1.09 bits per heavy atom. The summed E-state index contributed by atoms with van der Waals surface area (Å²) in [6, 6.07) is 18.7. The van der Waals surface area contributed by atoms with Crippen molar-refractivity contribution in [2.24, 2.45) is 0 Å². The lowest BCUT2D eigenvalue weighted by molar-refractivity contribution is -0.118. The number of halogens is 1. The second-order valence-corrected chi connectivity index (χ2v) is 9.74. The quantitative estimate of drug-likeness (QED) is 0.531. The van der Waals surface area contributed by atoms with Crippen LogP contribution in [0.25, 0.3) is 0 Å². The second-order valence-electron chi connectivity index (χ2n) is 7.47. The third kappa shape index (κ3) is 5.07. The van der Waals surface area contributed by atoms with Gasteiger partial charge in [-0.1, -0.05) is 35.9 Å². The van der Waals surface area contributed by atoms with Crippen LogP contribution in [0.2, 0.25) is 5.02 Å². The SMILES string of the molecule is COc1cccc(NC(=O)COc2ccc(S(=O)(=O)N3CCCc4ccccc43)cc2Cl)c1. The van der Waals surface area contributed by atoms with Crippen molar-refractivity contribution in [3.05, 3.63) is 77.3 Å². The van der Waals surface area contributed by atoms with Crippen LogP contribution in [0.15, 0.2) is 71.6 Å². The molecule has 1 N–H and O–H groups in total. The summed E-state index contributed by atoms with van der Waals surface area (Å²) in [4.78, 5) is 12.3. The zero-order valence-electron chi connectivity index (χ0n) is 18.0. The maximum Gasteiger partial charge on any atom is 0.264 e. The van der Waals surface area contributed by atoms with Gasteiger partial charge < -0.3 is 14.8 Å². The summed E-state index contributed by atoms with van der Waals surface area (Å²) in [6.07, 6.45) is 1.58. The number of amides is 1. The highest BCUT2D eigenvalue weighted by atomic mass is 35.5. The number of carbonyl (C=O) groups is 1. The number of aryl methyl sites for hydroxylation is 1. The minimum absolute atomic E-state index is 0.0670. The van der Waals surface area contributed by atoms with E-state index < -0.39 is 10.0 Å². The van der Waals surface area contributed by atoms with Gasteiger partial charge in [-0.05, 0) is 54.8 Å². The van der Waals surface area contributed by atoms with Crippen molar-refractivity contribution < 1.29 is 22.7 Å². The van der Waals surface area contributed by atoms with E-state index in [1.807, 2.05) is 24.3 Å². The summed E-state index contributed by atoms with van der Waals surface area (Å²) in [5, 5.41) is 2.81. The van der Waals surface area contributed by atoms with Gasteiger partial charge in [-0.3, -0.25) is 9.10 Å². The van der Waals surface area contributed by atoms with E-state index in [1.54, 1.807) is 31.4 Å². The molecular weight excluding hydrogens is 464 g/mol. The molecule has 0 atom stereocenters. The van der Waals surface area contributed by atoms with Gasteiger partial charge in [0.1, 0.15) is 11.5 Å². The van der Waals surface area contributed by atoms with Crippen LogP contribution in [-0.2, 0) is 21.2 Å². The molecule has 9 heteroatoms. The summed E-state index contributed by atoms with van der Waals surface area (Å²) in [6.45, 7) is 0.113. The van der Waals surface area contributed by atoms with Crippen LogP contribution in [0, 0.1) is 0 Å². The molecule has 0 aromatic heterocycles. The van der Waals surface area contributed by atoms with Crippen molar-refractivity contribution in [3.8, 4) is 11.5 Å². The van der Waals surface area contributed by atoms with Crippen LogP contribution >= 0.6 is 11.6 Å². The summed E-state index contributed by atoms with van der Waals surface area (Å²) in [5.74, 6) is 0.446. The molecule has 0 spiro atoms. The molecule has 1 aliphatic rings. The van der Waals surface area contributed by atoms with Crippen molar-refractivity contribution >= 4 is 38.9 Å². The number of ether oxygens (including phenoxy) is 2. The predicted octanol–water partition coefficient (Wildman–Crippen LogP) is 4.51. The van der Waals surface area contributed by atoms with E-state index in [4.69, 9.17) is 21.1 Å². The third-order valence-corrected chi connectivity index (χ3v) is 7.38. The molecule has 0 fully saturated rings. The van der Waals surface area contributed by atoms with E-state index in [9.17, 15) is 13.2 Å². The van der Waals surface area contributed by atoms with E-state index in [0.29, 0.717) is 23.7 Å². The molecule has 0 saturated heterocycles. The van der Waals surface area contributed by atoms with Gasteiger partial charge in [0.05, 0.1) is 22.7 Å². The highest BCUT2D eigenvalue weighted by Gasteiger charge is 2.29. The normalized spacial score (nSPS) is 13.2. The van der Waals surface area contributed by atoms with E-state index in [0.717, 1.165) is 18.4 Å². The lowest BCUT2D eigenvalue weighted by atomic mass is 10.0. The summed E-state index contributed by atoms with van der Waals surface area (Å²) in [7, 11) is -2.25. The largest absolute Gasteiger partial charge is 0.497 e. The Kier molecular flexibility index (Phi) is 6.76. The number of nitrogens with one attached hydrogen (secondary N) is 1. The average Bonchev–Trinajstić information content (AvgIpc) is 2.83. The smallest absolute Gasteiger partial charge is 0.264 e. The van der Waals surface area contributed by atoms with Crippen LogP contribution in [0.5, 0.6) is 11.5 Å². The van der Waals surface area contributed by atoms with Crippen LogP contribution in [0.3, 0.4) is 0 Å². The van der Waals surface area contributed by atoms with Crippen molar-refractivity contribution in [1.29, 1.82) is 0 Å². The Morgan fingerprint density at radius 2 is 1.91 bits per heavy atom. The molecule has 3 aromatic carbocycles. The van der Waals surface area contributed by atoms with Gasteiger partial charge in [-0.25, -0.2) is 8.42 Å².